The summed E-state index contributed by atoms with van der Waals surface area (Å²) in [5.41, 5.74) is 6.79. The van der Waals surface area contributed by atoms with Crippen LogP contribution in [-0.4, -0.2) is 16.1 Å². The molecule has 0 radical (unpaired) electrons. The van der Waals surface area contributed by atoms with Gasteiger partial charge in [-0.05, 0) is 12.0 Å². The molecule has 0 saturated carbocycles. The van der Waals surface area contributed by atoms with Gasteiger partial charge >= 0.3 is 5.69 Å². The number of H-pyrrole nitrogens is 1. The fourth-order valence-corrected chi connectivity index (χ4v) is 1.80. The smallest absolute Gasteiger partial charge is 0.325 e. The molecule has 0 saturated heterocycles. The summed E-state index contributed by atoms with van der Waals surface area (Å²) in [4.78, 5) is 14.1. The minimum atomic E-state index is -0.105. The highest BCUT2D eigenvalue weighted by Gasteiger charge is 2.11. The molecule has 1 aromatic carbocycles. The Hall–Kier alpha value is -1.81. The maximum absolute atomic E-state index is 11.5. The third-order valence-electron chi connectivity index (χ3n) is 2.66. The van der Waals surface area contributed by atoms with Gasteiger partial charge < -0.3 is 10.7 Å². The Morgan fingerprint density at radius 1 is 1.31 bits per heavy atom. The first-order chi connectivity index (χ1) is 7.81. The zero-order valence-electron chi connectivity index (χ0n) is 8.97. The second-order valence-corrected chi connectivity index (χ2v) is 3.75. The van der Waals surface area contributed by atoms with E-state index in [-0.39, 0.29) is 11.7 Å². The van der Waals surface area contributed by atoms with E-state index in [2.05, 4.69) is 4.98 Å². The minimum absolute atomic E-state index is 0.0150. The van der Waals surface area contributed by atoms with Gasteiger partial charge in [0.15, 0.2) is 0 Å². The molecule has 0 spiro atoms. The van der Waals surface area contributed by atoms with Crippen LogP contribution in [0.25, 0.3) is 0 Å². The molecular weight excluding hydrogens is 202 g/mol. The van der Waals surface area contributed by atoms with Crippen LogP contribution in [0.1, 0.15) is 11.6 Å². The molecule has 16 heavy (non-hydrogen) atoms. The number of aromatic nitrogens is 2. The van der Waals surface area contributed by atoms with Gasteiger partial charge in [0.05, 0.1) is 6.04 Å². The standard InChI is InChI=1S/C12H15N3O/c13-9-11(15-7-6-14-12(15)16)8-10-4-2-1-3-5-10/h1-7,11H,8-9,13H2,(H,14,16). The number of hydrogen-bond acceptors (Lipinski definition) is 2. The molecule has 0 fully saturated rings. The van der Waals surface area contributed by atoms with E-state index in [0.717, 1.165) is 6.42 Å². The molecule has 1 unspecified atom stereocenters. The van der Waals surface area contributed by atoms with Crippen molar-refractivity contribution in [2.24, 2.45) is 5.73 Å². The molecule has 1 heterocycles. The molecule has 1 aromatic heterocycles. The number of benzene rings is 1. The Morgan fingerprint density at radius 3 is 2.62 bits per heavy atom. The van der Waals surface area contributed by atoms with E-state index in [9.17, 15) is 4.79 Å². The first-order valence-corrected chi connectivity index (χ1v) is 5.31. The highest BCUT2D eigenvalue weighted by molar-refractivity contribution is 5.15. The SMILES string of the molecule is NCC(Cc1ccccc1)n1cc[nH]c1=O. The summed E-state index contributed by atoms with van der Waals surface area (Å²) >= 11 is 0. The predicted molar refractivity (Wildman–Crippen MR) is 63.3 cm³/mol. The number of rotatable bonds is 4. The summed E-state index contributed by atoms with van der Waals surface area (Å²) in [6.07, 6.45) is 4.15. The van der Waals surface area contributed by atoms with Crippen molar-refractivity contribution in [2.75, 3.05) is 6.54 Å². The maximum Gasteiger partial charge on any atom is 0.325 e. The van der Waals surface area contributed by atoms with Gasteiger partial charge in [-0.3, -0.25) is 4.57 Å². The van der Waals surface area contributed by atoms with Gasteiger partial charge in [-0.15, -0.1) is 0 Å². The molecule has 0 bridgehead atoms. The Labute approximate surface area is 93.7 Å². The van der Waals surface area contributed by atoms with Crippen LogP contribution in [0, 0.1) is 0 Å². The lowest BCUT2D eigenvalue weighted by Crippen LogP contribution is -2.28. The second kappa shape index (κ2) is 4.81. The molecule has 0 aliphatic heterocycles. The average Bonchev–Trinajstić information content (AvgIpc) is 2.74. The van der Waals surface area contributed by atoms with Crippen molar-refractivity contribution in [1.82, 2.24) is 9.55 Å². The molecule has 1 atom stereocenters. The van der Waals surface area contributed by atoms with Crippen LogP contribution < -0.4 is 11.4 Å². The van der Waals surface area contributed by atoms with Crippen molar-refractivity contribution in [3.05, 3.63) is 58.8 Å². The normalized spacial score (nSPS) is 12.6. The number of nitrogens with two attached hydrogens (primary N) is 1. The van der Waals surface area contributed by atoms with Crippen LogP contribution in [0.15, 0.2) is 47.5 Å². The van der Waals surface area contributed by atoms with Crippen LogP contribution in [0.2, 0.25) is 0 Å². The van der Waals surface area contributed by atoms with Crippen molar-refractivity contribution in [1.29, 1.82) is 0 Å². The van der Waals surface area contributed by atoms with Crippen LogP contribution in [0.4, 0.5) is 0 Å². The first kappa shape index (κ1) is 10.7. The second-order valence-electron chi connectivity index (χ2n) is 3.75. The summed E-state index contributed by atoms with van der Waals surface area (Å²) < 4.78 is 1.65. The summed E-state index contributed by atoms with van der Waals surface area (Å²) in [6.45, 7) is 0.451. The highest BCUT2D eigenvalue weighted by atomic mass is 16.1. The molecule has 84 valence electrons. The number of nitrogens with one attached hydrogen (secondary N) is 1. The fourth-order valence-electron chi connectivity index (χ4n) is 1.80. The third kappa shape index (κ3) is 2.23. The molecule has 0 aliphatic carbocycles. The van der Waals surface area contributed by atoms with Crippen LogP contribution in [0.3, 0.4) is 0 Å². The number of imidazole rings is 1. The molecule has 4 heteroatoms. The minimum Gasteiger partial charge on any atom is -0.328 e. The number of aromatic amines is 1. The average molecular weight is 217 g/mol. The lowest BCUT2D eigenvalue weighted by Gasteiger charge is -2.15. The molecule has 0 amide bonds. The summed E-state index contributed by atoms with van der Waals surface area (Å²) in [7, 11) is 0. The van der Waals surface area contributed by atoms with Crippen LogP contribution >= 0.6 is 0 Å². The molecule has 2 rings (SSSR count). The van der Waals surface area contributed by atoms with Gasteiger partial charge in [0.2, 0.25) is 0 Å². The van der Waals surface area contributed by atoms with Crippen molar-refractivity contribution < 1.29 is 0 Å². The molecule has 2 aromatic rings. The third-order valence-corrected chi connectivity index (χ3v) is 2.66. The van der Waals surface area contributed by atoms with Gasteiger partial charge in [0.25, 0.3) is 0 Å². The van der Waals surface area contributed by atoms with Gasteiger partial charge in [-0.2, -0.15) is 0 Å². The Balaban J connectivity index is 2.19. The van der Waals surface area contributed by atoms with E-state index in [1.165, 1.54) is 5.56 Å². The molecular formula is C12H15N3O. The molecule has 0 aliphatic rings. The van der Waals surface area contributed by atoms with Crippen molar-refractivity contribution >= 4 is 0 Å². The van der Waals surface area contributed by atoms with Gasteiger partial charge in [-0.1, -0.05) is 30.3 Å². The topological polar surface area (TPSA) is 63.8 Å². The lowest BCUT2D eigenvalue weighted by atomic mass is 10.1. The highest BCUT2D eigenvalue weighted by Crippen LogP contribution is 2.10. The number of nitrogens with zero attached hydrogens (tertiary/aromatic N) is 1. The fraction of sp³-hybridized carbons (Fsp3) is 0.250. The van der Waals surface area contributed by atoms with Crippen molar-refractivity contribution in [3.8, 4) is 0 Å². The van der Waals surface area contributed by atoms with Crippen molar-refractivity contribution in [3.63, 3.8) is 0 Å². The van der Waals surface area contributed by atoms with Gasteiger partial charge in [0, 0.05) is 18.9 Å². The van der Waals surface area contributed by atoms with Crippen LogP contribution in [-0.2, 0) is 6.42 Å². The van der Waals surface area contributed by atoms with Crippen LogP contribution in [0.5, 0.6) is 0 Å². The molecule has 4 nitrogen and oxygen atoms in total. The monoisotopic (exact) mass is 217 g/mol. The van der Waals surface area contributed by atoms with E-state index >= 15 is 0 Å². The Bertz CT molecular complexity index is 486. The van der Waals surface area contributed by atoms with E-state index in [1.54, 1.807) is 17.0 Å². The van der Waals surface area contributed by atoms with E-state index in [1.807, 2.05) is 30.3 Å². The van der Waals surface area contributed by atoms with Gasteiger partial charge in [0.1, 0.15) is 0 Å². The summed E-state index contributed by atoms with van der Waals surface area (Å²) in [5.74, 6) is 0. The zero-order chi connectivity index (χ0) is 11.4. The first-order valence-electron chi connectivity index (χ1n) is 5.31. The maximum atomic E-state index is 11.5. The number of hydrogen-bond donors (Lipinski definition) is 2. The zero-order valence-corrected chi connectivity index (χ0v) is 8.97. The molecule has 3 N–H and O–H groups in total. The predicted octanol–water partition coefficient (Wildman–Crippen LogP) is 0.919. The summed E-state index contributed by atoms with van der Waals surface area (Å²) in [5, 5.41) is 0. The Kier molecular flexibility index (Phi) is 3.22. The Morgan fingerprint density at radius 2 is 2.06 bits per heavy atom. The van der Waals surface area contributed by atoms with Gasteiger partial charge in [-0.25, -0.2) is 4.79 Å². The van der Waals surface area contributed by atoms with E-state index in [4.69, 9.17) is 5.73 Å². The van der Waals surface area contributed by atoms with Crippen molar-refractivity contribution in [2.45, 2.75) is 12.5 Å². The largest absolute Gasteiger partial charge is 0.328 e. The van der Waals surface area contributed by atoms with E-state index < -0.39 is 0 Å². The quantitative estimate of drug-likeness (QED) is 0.799. The lowest BCUT2D eigenvalue weighted by molar-refractivity contribution is 0.495. The summed E-state index contributed by atoms with van der Waals surface area (Å²) in [6, 6.07) is 10.1. The van der Waals surface area contributed by atoms with E-state index in [0.29, 0.717) is 6.54 Å².